The fraction of sp³-hybridized carbons (Fsp3) is 0.182. The quantitative estimate of drug-likeness (QED) is 0.442. The highest BCUT2D eigenvalue weighted by Crippen LogP contribution is 2.22. The molecule has 1 N–H and O–H groups in total. The molecule has 0 unspecified atom stereocenters. The predicted octanol–water partition coefficient (Wildman–Crippen LogP) is 3.58. The van der Waals surface area contributed by atoms with E-state index in [2.05, 4.69) is 10.2 Å². The lowest BCUT2D eigenvalue weighted by Gasteiger charge is -2.17. The Hall–Kier alpha value is -3.30. The van der Waals surface area contributed by atoms with Crippen LogP contribution in [0.2, 0.25) is 0 Å². The first-order chi connectivity index (χ1) is 14.8. The molecule has 0 atom stereocenters. The van der Waals surface area contributed by atoms with Crippen molar-refractivity contribution >= 4 is 21.0 Å². The smallest absolute Gasteiger partial charge is 0.336 e. The lowest BCUT2D eigenvalue weighted by Crippen LogP contribution is -2.28. The Labute approximate surface area is 178 Å². The summed E-state index contributed by atoms with van der Waals surface area (Å²) in [7, 11) is -2.17. The van der Waals surface area contributed by atoms with E-state index in [1.54, 1.807) is 12.1 Å². The number of aromatic nitrogens is 2. The number of nitrogens with one attached hydrogen (secondary N) is 1. The second-order valence-electron chi connectivity index (χ2n) is 7.17. The highest BCUT2D eigenvalue weighted by molar-refractivity contribution is 7.89. The minimum atomic E-state index is -3.69. The first kappa shape index (κ1) is 21.0. The Bertz CT molecular complexity index is 1400. The molecular weight excluding hydrogens is 421 g/mol. The molecule has 2 heterocycles. The summed E-state index contributed by atoms with van der Waals surface area (Å²) in [6.45, 7) is 0.304. The van der Waals surface area contributed by atoms with E-state index in [1.165, 1.54) is 53.8 Å². The summed E-state index contributed by atoms with van der Waals surface area (Å²) in [5.41, 5.74) is 2.00. The zero-order valence-corrected chi connectivity index (χ0v) is 17.5. The molecular formula is C22H20FN3O4S. The van der Waals surface area contributed by atoms with Gasteiger partial charge in [-0.25, -0.2) is 21.9 Å². The van der Waals surface area contributed by atoms with Gasteiger partial charge < -0.3 is 4.42 Å². The molecule has 2 aromatic heterocycles. The average Bonchev–Trinajstić information content (AvgIpc) is 3.22. The van der Waals surface area contributed by atoms with Crippen LogP contribution < -0.4 is 5.63 Å². The van der Waals surface area contributed by atoms with Crippen LogP contribution in [0.4, 0.5) is 4.39 Å². The van der Waals surface area contributed by atoms with Crippen LogP contribution in [0, 0.1) is 5.82 Å². The number of aryl methyl sites for hydroxylation is 1. The third kappa shape index (κ3) is 4.57. The van der Waals surface area contributed by atoms with E-state index >= 15 is 0 Å². The fourth-order valence-corrected chi connectivity index (χ4v) is 4.53. The Balaban J connectivity index is 1.41. The van der Waals surface area contributed by atoms with Crippen LogP contribution in [-0.4, -0.2) is 36.5 Å². The highest BCUT2D eigenvalue weighted by atomic mass is 32.2. The number of aromatic amines is 1. The van der Waals surface area contributed by atoms with Crippen LogP contribution >= 0.6 is 0 Å². The summed E-state index contributed by atoms with van der Waals surface area (Å²) in [6.07, 6.45) is 1.16. The number of benzene rings is 2. The average molecular weight is 441 g/mol. The van der Waals surface area contributed by atoms with E-state index in [9.17, 15) is 17.6 Å². The van der Waals surface area contributed by atoms with Gasteiger partial charge in [0.2, 0.25) is 10.0 Å². The fourth-order valence-electron chi connectivity index (χ4n) is 3.29. The molecule has 0 saturated heterocycles. The molecule has 0 saturated carbocycles. The lowest BCUT2D eigenvalue weighted by molar-refractivity contribution is 0.460. The van der Waals surface area contributed by atoms with Crippen LogP contribution in [0.5, 0.6) is 0 Å². The largest absolute Gasteiger partial charge is 0.423 e. The van der Waals surface area contributed by atoms with Gasteiger partial charge in [-0.15, -0.1) is 0 Å². The van der Waals surface area contributed by atoms with Gasteiger partial charge in [-0.3, -0.25) is 5.10 Å². The number of sulfonamides is 1. The molecule has 0 radical (unpaired) electrons. The Kier molecular flexibility index (Phi) is 5.71. The topological polar surface area (TPSA) is 96.3 Å². The van der Waals surface area contributed by atoms with E-state index in [1.807, 2.05) is 6.07 Å². The van der Waals surface area contributed by atoms with Crippen molar-refractivity contribution in [2.24, 2.45) is 0 Å². The SMILES string of the molecule is CN(CCCc1cc(-c2cccc(F)c2)n[nH]1)S(=O)(=O)c1ccc2oc(=O)ccc2c1. The number of nitrogens with zero attached hydrogens (tertiary/aromatic N) is 2. The minimum absolute atomic E-state index is 0.131. The first-order valence-corrected chi connectivity index (χ1v) is 11.1. The van der Waals surface area contributed by atoms with Gasteiger partial charge >= 0.3 is 5.63 Å². The van der Waals surface area contributed by atoms with Crippen molar-refractivity contribution in [3.63, 3.8) is 0 Å². The number of fused-ring (bicyclic) bond motifs is 1. The molecule has 4 aromatic rings. The molecule has 31 heavy (non-hydrogen) atoms. The zero-order valence-electron chi connectivity index (χ0n) is 16.7. The molecule has 0 aliphatic carbocycles. The van der Waals surface area contributed by atoms with Crippen LogP contribution in [0.15, 0.2) is 74.8 Å². The van der Waals surface area contributed by atoms with Crippen LogP contribution in [0.1, 0.15) is 12.1 Å². The van der Waals surface area contributed by atoms with Crippen molar-refractivity contribution in [2.75, 3.05) is 13.6 Å². The van der Waals surface area contributed by atoms with Crippen molar-refractivity contribution in [3.05, 3.63) is 82.6 Å². The van der Waals surface area contributed by atoms with Gasteiger partial charge in [-0.2, -0.15) is 5.10 Å². The van der Waals surface area contributed by atoms with Gasteiger partial charge in [0.05, 0.1) is 10.6 Å². The Morgan fingerprint density at radius 3 is 2.74 bits per heavy atom. The molecule has 0 fully saturated rings. The molecule has 0 bridgehead atoms. The number of hydrogen-bond donors (Lipinski definition) is 1. The van der Waals surface area contributed by atoms with Gasteiger partial charge in [0.25, 0.3) is 0 Å². The summed E-state index contributed by atoms with van der Waals surface area (Å²) in [5, 5.41) is 7.66. The second-order valence-corrected chi connectivity index (χ2v) is 9.22. The lowest BCUT2D eigenvalue weighted by atomic mass is 10.1. The van der Waals surface area contributed by atoms with E-state index in [4.69, 9.17) is 4.42 Å². The summed E-state index contributed by atoms with van der Waals surface area (Å²) in [6, 6.07) is 15.2. The maximum absolute atomic E-state index is 13.4. The minimum Gasteiger partial charge on any atom is -0.423 e. The van der Waals surface area contributed by atoms with Crippen LogP contribution in [0.25, 0.3) is 22.2 Å². The van der Waals surface area contributed by atoms with Gasteiger partial charge in [0.15, 0.2) is 0 Å². The number of halogens is 1. The summed E-state index contributed by atoms with van der Waals surface area (Å²) in [5.74, 6) is -0.329. The molecule has 0 aliphatic rings. The van der Waals surface area contributed by atoms with Gasteiger partial charge in [0, 0.05) is 36.3 Å². The summed E-state index contributed by atoms with van der Waals surface area (Å²) >= 11 is 0. The molecule has 4 rings (SSSR count). The molecule has 2 aromatic carbocycles. The van der Waals surface area contributed by atoms with E-state index in [-0.39, 0.29) is 10.7 Å². The zero-order chi connectivity index (χ0) is 22.0. The molecule has 0 amide bonds. The van der Waals surface area contributed by atoms with E-state index in [0.717, 1.165) is 5.69 Å². The highest BCUT2D eigenvalue weighted by Gasteiger charge is 2.21. The Morgan fingerprint density at radius 1 is 1.10 bits per heavy atom. The summed E-state index contributed by atoms with van der Waals surface area (Å²) in [4.78, 5) is 11.4. The third-order valence-corrected chi connectivity index (χ3v) is 6.82. The van der Waals surface area contributed by atoms with Crippen LogP contribution in [-0.2, 0) is 16.4 Å². The van der Waals surface area contributed by atoms with Crippen molar-refractivity contribution in [2.45, 2.75) is 17.7 Å². The maximum Gasteiger partial charge on any atom is 0.336 e. The Morgan fingerprint density at radius 2 is 1.94 bits per heavy atom. The summed E-state index contributed by atoms with van der Waals surface area (Å²) < 4.78 is 45.5. The molecule has 0 aliphatic heterocycles. The second kappa shape index (κ2) is 8.44. The molecule has 0 spiro atoms. The van der Waals surface area contributed by atoms with Crippen molar-refractivity contribution in [1.82, 2.24) is 14.5 Å². The number of hydrogen-bond acceptors (Lipinski definition) is 5. The monoisotopic (exact) mass is 441 g/mol. The van der Waals surface area contributed by atoms with E-state index in [0.29, 0.717) is 41.6 Å². The maximum atomic E-state index is 13.4. The van der Waals surface area contributed by atoms with Gasteiger partial charge in [-0.05, 0) is 55.3 Å². The third-order valence-electron chi connectivity index (χ3n) is 4.97. The van der Waals surface area contributed by atoms with E-state index < -0.39 is 15.6 Å². The normalized spacial score (nSPS) is 12.0. The molecule has 9 heteroatoms. The molecule has 160 valence electrons. The van der Waals surface area contributed by atoms with Crippen molar-refractivity contribution < 1.29 is 17.2 Å². The van der Waals surface area contributed by atoms with Crippen molar-refractivity contribution in [1.29, 1.82) is 0 Å². The number of H-pyrrole nitrogens is 1. The number of rotatable bonds is 7. The van der Waals surface area contributed by atoms with Gasteiger partial charge in [0.1, 0.15) is 11.4 Å². The van der Waals surface area contributed by atoms with Gasteiger partial charge in [-0.1, -0.05) is 12.1 Å². The standard InChI is InChI=1S/C22H20FN3O4S/c1-26(31(28,29)19-8-9-21-16(13-19)7-10-22(27)30-21)11-3-6-18-14-20(25-24-18)15-4-2-5-17(23)12-15/h2,4-5,7-10,12-14H,3,6,11H2,1H3,(H,24,25). The van der Waals surface area contributed by atoms with Crippen LogP contribution in [0.3, 0.4) is 0 Å². The molecule has 7 nitrogen and oxygen atoms in total. The predicted molar refractivity (Wildman–Crippen MR) is 115 cm³/mol. The first-order valence-electron chi connectivity index (χ1n) is 9.63. The van der Waals surface area contributed by atoms with Crippen molar-refractivity contribution in [3.8, 4) is 11.3 Å².